The molecule has 0 saturated heterocycles. The van der Waals surface area contributed by atoms with Gasteiger partial charge in [0, 0.05) is 0 Å². The van der Waals surface area contributed by atoms with Crippen molar-refractivity contribution in [2.45, 2.75) is 65.2 Å². The number of rotatable bonds is 7. The molecule has 0 fully saturated rings. The molecule has 0 rings (SSSR count). The highest BCUT2D eigenvalue weighted by Gasteiger charge is 2.28. The summed E-state index contributed by atoms with van der Waals surface area (Å²) in [6.07, 6.45) is 7.26. The van der Waals surface area contributed by atoms with Crippen molar-refractivity contribution in [2.75, 3.05) is 7.11 Å². The Hall–Kier alpha value is -0.573. The lowest BCUT2D eigenvalue weighted by atomic mass is 9.84. The van der Waals surface area contributed by atoms with E-state index in [1.165, 1.54) is 13.5 Å². The summed E-state index contributed by atoms with van der Waals surface area (Å²) < 4.78 is 4.76. The monoisotopic (exact) mass is 270 g/mol. The minimum Gasteiger partial charge on any atom is -0.469 e. The molecule has 0 aliphatic carbocycles. The molecule has 1 unspecified atom stereocenters. The predicted octanol–water partition coefficient (Wildman–Crippen LogP) is 4.64. The lowest BCUT2D eigenvalue weighted by Crippen LogP contribution is -2.28. The largest absolute Gasteiger partial charge is 0.469 e. The fourth-order valence-electron chi connectivity index (χ4n) is 2.15. The number of hydrogen-bond acceptors (Lipinski definition) is 2. The average molecular weight is 270 g/mol. The SMILES string of the molecule is C/C=C/C(CCC(C)(C)CC(=O)OC)[Si](C)(C)C. The van der Waals surface area contributed by atoms with Crippen LogP contribution in [0.2, 0.25) is 25.2 Å². The number of carbonyl (C=O) groups excluding carboxylic acids is 1. The molecule has 0 spiro atoms. The maximum atomic E-state index is 11.4. The Kier molecular flexibility index (Phi) is 6.90. The first kappa shape index (κ1) is 17.4. The van der Waals surface area contributed by atoms with Crippen molar-refractivity contribution in [3.05, 3.63) is 12.2 Å². The van der Waals surface area contributed by atoms with E-state index < -0.39 is 8.07 Å². The Bertz CT molecular complexity index is 287. The molecule has 2 nitrogen and oxygen atoms in total. The zero-order valence-electron chi connectivity index (χ0n) is 13.2. The number of carbonyl (C=O) groups is 1. The Morgan fingerprint density at radius 1 is 1.33 bits per heavy atom. The predicted molar refractivity (Wildman–Crippen MR) is 81.6 cm³/mol. The van der Waals surface area contributed by atoms with Crippen LogP contribution in [0.5, 0.6) is 0 Å². The second kappa shape index (κ2) is 7.12. The fraction of sp³-hybridized carbons (Fsp3) is 0.800. The lowest BCUT2D eigenvalue weighted by Gasteiger charge is -2.30. The van der Waals surface area contributed by atoms with Crippen LogP contribution in [0.1, 0.15) is 40.0 Å². The zero-order valence-corrected chi connectivity index (χ0v) is 14.2. The molecule has 0 aromatic carbocycles. The first-order valence-corrected chi connectivity index (χ1v) is 10.4. The van der Waals surface area contributed by atoms with Gasteiger partial charge in [-0.15, -0.1) is 0 Å². The standard InChI is InChI=1S/C15H30O2Si/c1-8-9-13(18(5,6)7)10-11-15(2,3)12-14(16)17-4/h8-9,13H,10-12H2,1-7H3/b9-8+. The summed E-state index contributed by atoms with van der Waals surface area (Å²) in [6.45, 7) is 13.6. The molecule has 0 saturated carbocycles. The lowest BCUT2D eigenvalue weighted by molar-refractivity contribution is -0.143. The fourth-order valence-corrected chi connectivity index (χ4v) is 3.93. The molecule has 0 radical (unpaired) electrons. The van der Waals surface area contributed by atoms with Gasteiger partial charge in [0.1, 0.15) is 0 Å². The normalized spacial score (nSPS) is 14.8. The number of allylic oxidation sites excluding steroid dienone is 2. The van der Waals surface area contributed by atoms with Crippen molar-refractivity contribution in [3.63, 3.8) is 0 Å². The van der Waals surface area contributed by atoms with Crippen LogP contribution in [0.25, 0.3) is 0 Å². The van der Waals surface area contributed by atoms with E-state index in [1.54, 1.807) is 0 Å². The van der Waals surface area contributed by atoms with Gasteiger partial charge in [0.2, 0.25) is 0 Å². The van der Waals surface area contributed by atoms with Crippen LogP contribution in [-0.4, -0.2) is 21.2 Å². The third-order valence-electron chi connectivity index (χ3n) is 3.52. The van der Waals surface area contributed by atoms with Gasteiger partial charge < -0.3 is 4.74 Å². The van der Waals surface area contributed by atoms with Gasteiger partial charge in [-0.1, -0.05) is 45.6 Å². The summed E-state index contributed by atoms with van der Waals surface area (Å²) in [5.41, 5.74) is 0.728. The van der Waals surface area contributed by atoms with Gasteiger partial charge >= 0.3 is 5.97 Å². The van der Waals surface area contributed by atoms with E-state index >= 15 is 0 Å². The van der Waals surface area contributed by atoms with E-state index in [2.05, 4.69) is 52.6 Å². The average Bonchev–Trinajstić information content (AvgIpc) is 2.21. The maximum Gasteiger partial charge on any atom is 0.306 e. The summed E-state index contributed by atoms with van der Waals surface area (Å²) in [6, 6.07) is 0. The highest BCUT2D eigenvalue weighted by Crippen LogP contribution is 2.35. The molecule has 0 heterocycles. The van der Waals surface area contributed by atoms with Gasteiger partial charge in [0.15, 0.2) is 0 Å². The summed E-state index contributed by atoms with van der Waals surface area (Å²) in [7, 11) is 0.303. The molecule has 1 atom stereocenters. The summed E-state index contributed by atoms with van der Waals surface area (Å²) in [5.74, 6) is -0.101. The molecule has 106 valence electrons. The Balaban J connectivity index is 4.47. The van der Waals surface area contributed by atoms with Crippen LogP contribution in [0.4, 0.5) is 0 Å². The van der Waals surface area contributed by atoms with Gasteiger partial charge in [-0.05, 0) is 30.7 Å². The Morgan fingerprint density at radius 3 is 2.28 bits per heavy atom. The van der Waals surface area contributed by atoms with Crippen molar-refractivity contribution in [1.82, 2.24) is 0 Å². The molecule has 0 aromatic heterocycles. The van der Waals surface area contributed by atoms with E-state index in [4.69, 9.17) is 4.74 Å². The van der Waals surface area contributed by atoms with Gasteiger partial charge in [0.05, 0.1) is 21.6 Å². The van der Waals surface area contributed by atoms with Gasteiger partial charge in [-0.25, -0.2) is 0 Å². The molecular formula is C15H30O2Si. The summed E-state index contributed by atoms with van der Waals surface area (Å²) in [5, 5.41) is 0. The van der Waals surface area contributed by atoms with Gasteiger partial charge in [-0.2, -0.15) is 0 Å². The molecule has 3 heteroatoms. The second-order valence-corrected chi connectivity index (χ2v) is 12.4. The molecule has 0 bridgehead atoms. The van der Waals surface area contributed by atoms with Crippen LogP contribution < -0.4 is 0 Å². The van der Waals surface area contributed by atoms with Gasteiger partial charge in [-0.3, -0.25) is 4.79 Å². The van der Waals surface area contributed by atoms with Crippen molar-refractivity contribution >= 4 is 14.0 Å². The first-order valence-electron chi connectivity index (χ1n) is 6.82. The van der Waals surface area contributed by atoms with Gasteiger partial charge in [0.25, 0.3) is 0 Å². The molecular weight excluding hydrogens is 240 g/mol. The molecule has 0 aliphatic rings. The van der Waals surface area contributed by atoms with E-state index in [-0.39, 0.29) is 11.4 Å². The molecule has 18 heavy (non-hydrogen) atoms. The van der Waals surface area contributed by atoms with Crippen molar-refractivity contribution in [3.8, 4) is 0 Å². The van der Waals surface area contributed by atoms with E-state index in [9.17, 15) is 4.79 Å². The van der Waals surface area contributed by atoms with E-state index in [0.29, 0.717) is 12.0 Å². The van der Waals surface area contributed by atoms with Crippen molar-refractivity contribution in [1.29, 1.82) is 0 Å². The first-order chi connectivity index (χ1) is 8.12. The van der Waals surface area contributed by atoms with E-state index in [0.717, 1.165) is 6.42 Å². The van der Waals surface area contributed by atoms with Crippen LogP contribution in [0.15, 0.2) is 12.2 Å². The number of ether oxygens (including phenoxy) is 1. The maximum absolute atomic E-state index is 11.4. The van der Waals surface area contributed by atoms with E-state index in [1.807, 2.05) is 0 Å². The second-order valence-electron chi connectivity index (χ2n) is 6.95. The highest BCUT2D eigenvalue weighted by molar-refractivity contribution is 6.78. The van der Waals surface area contributed by atoms with Crippen LogP contribution in [0, 0.1) is 5.41 Å². The number of methoxy groups -OCH3 is 1. The third kappa shape index (κ3) is 6.99. The van der Waals surface area contributed by atoms with Crippen LogP contribution >= 0.6 is 0 Å². The molecule has 0 N–H and O–H groups in total. The smallest absolute Gasteiger partial charge is 0.306 e. The topological polar surface area (TPSA) is 26.3 Å². The molecule has 0 aromatic rings. The molecule has 0 aliphatic heterocycles. The Morgan fingerprint density at radius 2 is 1.89 bits per heavy atom. The van der Waals surface area contributed by atoms with Crippen LogP contribution in [0.3, 0.4) is 0 Å². The number of esters is 1. The highest BCUT2D eigenvalue weighted by atomic mass is 28.3. The summed E-state index contributed by atoms with van der Waals surface area (Å²) in [4.78, 5) is 11.4. The minimum absolute atomic E-state index is 0.0343. The Labute approximate surface area is 114 Å². The van der Waals surface area contributed by atoms with Crippen molar-refractivity contribution in [2.24, 2.45) is 5.41 Å². The third-order valence-corrected chi connectivity index (χ3v) is 6.23. The molecule has 0 amide bonds. The zero-order chi connectivity index (χ0) is 14.4. The number of hydrogen-bond donors (Lipinski definition) is 0. The quantitative estimate of drug-likeness (QED) is 0.383. The van der Waals surface area contributed by atoms with Crippen LogP contribution in [-0.2, 0) is 9.53 Å². The van der Waals surface area contributed by atoms with Crippen molar-refractivity contribution < 1.29 is 9.53 Å². The summed E-state index contributed by atoms with van der Waals surface area (Å²) >= 11 is 0. The minimum atomic E-state index is -1.16.